The lowest BCUT2D eigenvalue weighted by Gasteiger charge is -2.28. The van der Waals surface area contributed by atoms with Crippen molar-refractivity contribution in [2.45, 2.75) is 25.6 Å². The van der Waals surface area contributed by atoms with E-state index in [1.54, 1.807) is 0 Å². The van der Waals surface area contributed by atoms with Crippen molar-refractivity contribution in [2.24, 2.45) is 4.99 Å². The Morgan fingerprint density at radius 1 is 1.38 bits per heavy atom. The number of halogens is 3. The third-order valence-corrected chi connectivity index (χ3v) is 3.83. The predicted molar refractivity (Wildman–Crippen MR) is 92.1 cm³/mol. The predicted octanol–water partition coefficient (Wildman–Crippen LogP) is 2.09. The van der Waals surface area contributed by atoms with Crippen LogP contribution >= 0.6 is 0 Å². The van der Waals surface area contributed by atoms with E-state index in [9.17, 15) is 18.0 Å². The molecule has 2 N–H and O–H groups in total. The van der Waals surface area contributed by atoms with E-state index in [2.05, 4.69) is 15.6 Å². The lowest BCUT2D eigenvalue weighted by Crippen LogP contribution is -2.42. The number of guanidine groups is 1. The zero-order valence-electron chi connectivity index (χ0n) is 14.8. The normalized spacial score (nSPS) is 17.1. The van der Waals surface area contributed by atoms with Gasteiger partial charge < -0.3 is 20.3 Å². The minimum Gasteiger partial charge on any atom is -0.493 e. The highest BCUT2D eigenvalue weighted by atomic mass is 19.4. The number of ether oxygens (including phenoxy) is 1. The monoisotopic (exact) mass is 372 g/mol. The molecule has 1 aliphatic heterocycles. The van der Waals surface area contributed by atoms with Crippen LogP contribution in [-0.2, 0) is 4.79 Å². The van der Waals surface area contributed by atoms with Gasteiger partial charge in [-0.05, 0) is 13.0 Å². The summed E-state index contributed by atoms with van der Waals surface area (Å²) in [5.41, 5.74) is 0.977. The molecular formula is C17H23F3N4O2. The molecule has 144 valence electrons. The summed E-state index contributed by atoms with van der Waals surface area (Å²) in [7, 11) is 1.11. The van der Waals surface area contributed by atoms with E-state index in [0.717, 1.165) is 18.4 Å². The van der Waals surface area contributed by atoms with Crippen molar-refractivity contribution in [3.05, 3.63) is 29.8 Å². The van der Waals surface area contributed by atoms with Crippen molar-refractivity contribution in [3.63, 3.8) is 0 Å². The van der Waals surface area contributed by atoms with Gasteiger partial charge in [-0.1, -0.05) is 18.2 Å². The molecule has 0 aromatic heterocycles. The van der Waals surface area contributed by atoms with Gasteiger partial charge in [0.25, 0.3) is 0 Å². The van der Waals surface area contributed by atoms with Crippen LogP contribution in [0.25, 0.3) is 0 Å². The van der Waals surface area contributed by atoms with E-state index in [0.29, 0.717) is 30.4 Å². The van der Waals surface area contributed by atoms with Crippen LogP contribution in [0.5, 0.6) is 5.75 Å². The van der Waals surface area contributed by atoms with Crippen LogP contribution in [0.15, 0.2) is 29.3 Å². The van der Waals surface area contributed by atoms with Crippen molar-refractivity contribution in [1.29, 1.82) is 0 Å². The molecule has 1 aliphatic rings. The molecule has 0 saturated heterocycles. The molecule has 0 radical (unpaired) electrons. The second-order valence-electron chi connectivity index (χ2n) is 5.93. The summed E-state index contributed by atoms with van der Waals surface area (Å²) in [5.74, 6) is 0.461. The number of carbonyl (C=O) groups excluding carboxylic acids is 1. The number of hydrogen-bond acceptors (Lipinski definition) is 3. The van der Waals surface area contributed by atoms with Crippen molar-refractivity contribution in [1.82, 2.24) is 15.5 Å². The van der Waals surface area contributed by atoms with Crippen LogP contribution in [0.4, 0.5) is 13.2 Å². The minimum absolute atomic E-state index is 0.0549. The SMILES string of the molecule is CCNC(=NCC(=O)N(C)CC(F)(F)F)NC1CCOc2ccccc21. The number of aliphatic imine (C=N–C) groups is 1. The molecule has 1 amide bonds. The van der Waals surface area contributed by atoms with Crippen LogP contribution in [-0.4, -0.2) is 56.2 Å². The number of hydrogen-bond donors (Lipinski definition) is 2. The van der Waals surface area contributed by atoms with E-state index >= 15 is 0 Å². The molecule has 1 atom stereocenters. The number of para-hydroxylation sites is 1. The number of amides is 1. The maximum atomic E-state index is 12.4. The molecule has 1 aromatic rings. The number of carbonyl (C=O) groups is 1. The maximum Gasteiger partial charge on any atom is 0.406 e. The Morgan fingerprint density at radius 2 is 2.12 bits per heavy atom. The van der Waals surface area contributed by atoms with E-state index in [1.807, 2.05) is 31.2 Å². The first-order chi connectivity index (χ1) is 12.3. The summed E-state index contributed by atoms with van der Waals surface area (Å²) in [5, 5.41) is 6.23. The lowest BCUT2D eigenvalue weighted by molar-refractivity contribution is -0.157. The summed E-state index contributed by atoms with van der Waals surface area (Å²) in [6, 6.07) is 7.55. The molecule has 2 rings (SSSR count). The molecule has 0 aliphatic carbocycles. The highest BCUT2D eigenvalue weighted by molar-refractivity contribution is 5.85. The summed E-state index contributed by atoms with van der Waals surface area (Å²) < 4.78 is 42.7. The molecule has 1 unspecified atom stereocenters. The van der Waals surface area contributed by atoms with Gasteiger partial charge in [0.05, 0.1) is 12.6 Å². The topological polar surface area (TPSA) is 66.0 Å². The van der Waals surface area contributed by atoms with Crippen LogP contribution in [0.3, 0.4) is 0 Å². The van der Waals surface area contributed by atoms with Gasteiger partial charge in [-0.25, -0.2) is 4.99 Å². The largest absolute Gasteiger partial charge is 0.493 e. The van der Waals surface area contributed by atoms with Gasteiger partial charge in [-0.2, -0.15) is 13.2 Å². The highest BCUT2D eigenvalue weighted by Gasteiger charge is 2.31. The Bertz CT molecular complexity index is 649. The quantitative estimate of drug-likeness (QED) is 0.614. The number of rotatable bonds is 5. The van der Waals surface area contributed by atoms with Gasteiger partial charge in [0.2, 0.25) is 5.91 Å². The number of benzene rings is 1. The van der Waals surface area contributed by atoms with Gasteiger partial charge in [0.1, 0.15) is 18.8 Å². The first-order valence-corrected chi connectivity index (χ1v) is 8.37. The molecule has 1 heterocycles. The van der Waals surface area contributed by atoms with E-state index in [4.69, 9.17) is 4.74 Å². The fraction of sp³-hybridized carbons (Fsp3) is 0.529. The van der Waals surface area contributed by atoms with E-state index < -0.39 is 18.6 Å². The Hall–Kier alpha value is -2.45. The standard InChI is InChI=1S/C17H23F3N4O2/c1-3-21-16(22-10-15(25)24(2)11-17(18,19)20)23-13-8-9-26-14-7-5-4-6-12(13)14/h4-7,13H,3,8-11H2,1-2H3,(H2,21,22,23). The molecule has 26 heavy (non-hydrogen) atoms. The molecule has 1 aromatic carbocycles. The number of fused-ring (bicyclic) bond motifs is 1. The second kappa shape index (κ2) is 8.77. The number of likely N-dealkylation sites (N-methyl/N-ethyl adjacent to an activating group) is 1. The third-order valence-electron chi connectivity index (χ3n) is 3.83. The number of nitrogens with one attached hydrogen (secondary N) is 2. The molecule has 9 heteroatoms. The van der Waals surface area contributed by atoms with Crippen LogP contribution in [0.2, 0.25) is 0 Å². The van der Waals surface area contributed by atoms with Crippen molar-refractivity contribution in [3.8, 4) is 5.75 Å². The van der Waals surface area contributed by atoms with E-state index in [1.165, 1.54) is 0 Å². The molecule has 0 spiro atoms. The average Bonchev–Trinajstić information content (AvgIpc) is 2.58. The molecule has 0 saturated carbocycles. The zero-order chi connectivity index (χ0) is 19.2. The number of alkyl halides is 3. The van der Waals surface area contributed by atoms with Crippen molar-refractivity contribution in [2.75, 3.05) is 33.3 Å². The lowest BCUT2D eigenvalue weighted by atomic mass is 10.0. The fourth-order valence-electron chi connectivity index (χ4n) is 2.60. The fourth-order valence-corrected chi connectivity index (χ4v) is 2.60. The highest BCUT2D eigenvalue weighted by Crippen LogP contribution is 2.31. The first kappa shape index (κ1) is 19.9. The van der Waals surface area contributed by atoms with Gasteiger partial charge in [0, 0.05) is 25.6 Å². The van der Waals surface area contributed by atoms with Crippen LogP contribution in [0, 0.1) is 0 Å². The minimum atomic E-state index is -4.43. The number of nitrogens with zero attached hydrogens (tertiary/aromatic N) is 2. The first-order valence-electron chi connectivity index (χ1n) is 8.37. The summed E-state index contributed by atoms with van der Waals surface area (Å²) in [4.78, 5) is 16.6. The van der Waals surface area contributed by atoms with Crippen molar-refractivity contribution < 1.29 is 22.7 Å². The van der Waals surface area contributed by atoms with Gasteiger partial charge in [-0.3, -0.25) is 4.79 Å². The Morgan fingerprint density at radius 3 is 2.81 bits per heavy atom. The second-order valence-corrected chi connectivity index (χ2v) is 5.93. The summed E-state index contributed by atoms with van der Waals surface area (Å²) in [6.07, 6.45) is -3.72. The van der Waals surface area contributed by atoms with Gasteiger partial charge in [-0.15, -0.1) is 0 Å². The Labute approximate surface area is 150 Å². The van der Waals surface area contributed by atoms with E-state index in [-0.39, 0.29) is 12.6 Å². The zero-order valence-corrected chi connectivity index (χ0v) is 14.8. The van der Waals surface area contributed by atoms with Gasteiger partial charge >= 0.3 is 6.18 Å². The summed E-state index contributed by atoms with van der Waals surface area (Å²) in [6.45, 7) is 1.31. The molecule has 6 nitrogen and oxygen atoms in total. The van der Waals surface area contributed by atoms with Gasteiger partial charge in [0.15, 0.2) is 5.96 Å². The molecule has 0 fully saturated rings. The molecular weight excluding hydrogens is 349 g/mol. The molecule has 0 bridgehead atoms. The summed E-state index contributed by atoms with van der Waals surface area (Å²) >= 11 is 0. The Kier molecular flexibility index (Phi) is 6.70. The smallest absolute Gasteiger partial charge is 0.406 e. The van der Waals surface area contributed by atoms with Crippen molar-refractivity contribution >= 4 is 11.9 Å². The average molecular weight is 372 g/mol. The maximum absolute atomic E-state index is 12.4. The van der Waals surface area contributed by atoms with Crippen LogP contribution in [0.1, 0.15) is 24.9 Å². The third kappa shape index (κ3) is 5.82. The Balaban J connectivity index is 2.02. The van der Waals surface area contributed by atoms with Crippen LogP contribution < -0.4 is 15.4 Å².